The minimum absolute atomic E-state index is 0.0658. The molecule has 0 spiro atoms. The molecule has 3 heterocycles. The molecule has 0 amide bonds. The third kappa shape index (κ3) is 5.60. The van der Waals surface area contributed by atoms with Crippen molar-refractivity contribution in [2.45, 2.75) is 71.2 Å². The maximum atomic E-state index is 13.8. The molecule has 2 atom stereocenters. The summed E-state index contributed by atoms with van der Waals surface area (Å²) in [4.78, 5) is 19.3. The van der Waals surface area contributed by atoms with E-state index in [0.29, 0.717) is 24.5 Å². The maximum Gasteiger partial charge on any atom is 0.253 e. The van der Waals surface area contributed by atoms with Gasteiger partial charge in [-0.1, -0.05) is 37.3 Å². The van der Waals surface area contributed by atoms with Gasteiger partial charge in [0.15, 0.2) is 5.82 Å². The molecule has 1 aliphatic heterocycles. The van der Waals surface area contributed by atoms with Crippen LogP contribution in [-0.2, 0) is 16.8 Å². The van der Waals surface area contributed by atoms with Crippen molar-refractivity contribution < 1.29 is 9.47 Å². The Morgan fingerprint density at radius 1 is 1.23 bits per heavy atom. The molecule has 9 nitrogen and oxygen atoms in total. The number of hydrogen-bond donors (Lipinski definition) is 1. The van der Waals surface area contributed by atoms with Crippen LogP contribution in [0.4, 0.5) is 0 Å². The molecule has 2 unspecified atom stereocenters. The molecule has 0 radical (unpaired) electrons. The minimum atomic E-state index is -0.495. The molecule has 5 rings (SSSR count). The molecule has 4 aromatic rings. The Balaban J connectivity index is 1.69. The predicted molar refractivity (Wildman–Crippen MR) is 151 cm³/mol. The zero-order valence-corrected chi connectivity index (χ0v) is 23.5. The van der Waals surface area contributed by atoms with Gasteiger partial charge >= 0.3 is 0 Å². The quantitative estimate of drug-likeness (QED) is 0.316. The van der Waals surface area contributed by atoms with Gasteiger partial charge in [-0.2, -0.15) is 0 Å². The van der Waals surface area contributed by atoms with Gasteiger partial charge in [-0.25, -0.2) is 4.68 Å². The van der Waals surface area contributed by atoms with Crippen LogP contribution in [-0.4, -0.2) is 56.5 Å². The summed E-state index contributed by atoms with van der Waals surface area (Å²) in [7, 11) is 1.66. The molecular weight excluding hydrogens is 492 g/mol. The number of H-pyrrole nitrogens is 1. The normalized spacial score (nSPS) is 16.7. The second kappa shape index (κ2) is 11.3. The number of benzene rings is 2. The number of para-hydroxylation sites is 1. The van der Waals surface area contributed by atoms with Gasteiger partial charge in [0, 0.05) is 25.3 Å². The Morgan fingerprint density at radius 3 is 2.72 bits per heavy atom. The summed E-state index contributed by atoms with van der Waals surface area (Å²) >= 11 is 0. The fraction of sp³-hybridized carbons (Fsp3) is 0.467. The van der Waals surface area contributed by atoms with E-state index < -0.39 is 6.04 Å². The van der Waals surface area contributed by atoms with Gasteiger partial charge in [-0.05, 0) is 85.2 Å². The van der Waals surface area contributed by atoms with Gasteiger partial charge in [0.25, 0.3) is 5.56 Å². The highest BCUT2D eigenvalue weighted by atomic mass is 16.5. The van der Waals surface area contributed by atoms with E-state index in [1.54, 1.807) is 7.11 Å². The van der Waals surface area contributed by atoms with Crippen LogP contribution in [0.15, 0.2) is 53.3 Å². The number of ether oxygens (including phenoxy) is 2. The number of hydrogen-bond acceptors (Lipinski definition) is 7. The van der Waals surface area contributed by atoms with Crippen molar-refractivity contribution in [3.63, 3.8) is 0 Å². The number of nitrogens with one attached hydrogen (secondary N) is 1. The minimum Gasteiger partial charge on any atom is -0.497 e. The first-order valence-corrected chi connectivity index (χ1v) is 13.7. The molecule has 2 aromatic heterocycles. The smallest absolute Gasteiger partial charge is 0.253 e. The Hall–Kier alpha value is -3.56. The molecule has 1 N–H and O–H groups in total. The summed E-state index contributed by atoms with van der Waals surface area (Å²) in [6.07, 6.45) is 2.90. The third-order valence-corrected chi connectivity index (χ3v) is 7.96. The van der Waals surface area contributed by atoms with Crippen molar-refractivity contribution in [2.24, 2.45) is 0 Å². The van der Waals surface area contributed by atoms with Crippen LogP contribution < -0.4 is 10.3 Å². The number of aryl methyl sites for hydroxylation is 1. The first-order chi connectivity index (χ1) is 18.8. The molecule has 0 bridgehead atoms. The number of fused-ring (bicyclic) bond motifs is 1. The number of nitrogens with zero attached hydrogens (tertiary/aromatic N) is 5. The van der Waals surface area contributed by atoms with Crippen LogP contribution in [0.2, 0.25) is 0 Å². The molecule has 0 saturated carbocycles. The largest absolute Gasteiger partial charge is 0.497 e. The van der Waals surface area contributed by atoms with E-state index in [9.17, 15) is 4.79 Å². The number of rotatable bonds is 10. The van der Waals surface area contributed by atoms with Crippen molar-refractivity contribution in [3.8, 4) is 5.75 Å². The summed E-state index contributed by atoms with van der Waals surface area (Å²) in [6.45, 7) is 10.3. The molecule has 1 aliphatic rings. The van der Waals surface area contributed by atoms with E-state index in [1.165, 1.54) is 0 Å². The van der Waals surface area contributed by atoms with Crippen LogP contribution in [0.1, 0.15) is 68.6 Å². The van der Waals surface area contributed by atoms with E-state index in [1.807, 2.05) is 48.0 Å². The molecular formula is C30H38N6O3. The van der Waals surface area contributed by atoms with Crippen molar-refractivity contribution in [1.82, 2.24) is 30.1 Å². The van der Waals surface area contributed by atoms with Gasteiger partial charge in [0.2, 0.25) is 0 Å². The summed E-state index contributed by atoms with van der Waals surface area (Å²) in [5.41, 5.74) is 3.10. The van der Waals surface area contributed by atoms with Gasteiger partial charge in [0.1, 0.15) is 11.8 Å². The van der Waals surface area contributed by atoms with Crippen molar-refractivity contribution in [3.05, 3.63) is 81.4 Å². The summed E-state index contributed by atoms with van der Waals surface area (Å²) in [5, 5.41) is 14.1. The lowest BCUT2D eigenvalue weighted by atomic mass is 9.98. The second-order valence-corrected chi connectivity index (χ2v) is 11.0. The fourth-order valence-corrected chi connectivity index (χ4v) is 5.32. The van der Waals surface area contributed by atoms with Gasteiger partial charge in [0.05, 0.1) is 24.3 Å². The summed E-state index contributed by atoms with van der Waals surface area (Å²) in [6, 6.07) is 15.6. The maximum absolute atomic E-state index is 13.8. The zero-order chi connectivity index (χ0) is 27.6. The predicted octanol–water partition coefficient (Wildman–Crippen LogP) is 4.75. The average Bonchev–Trinajstić information content (AvgIpc) is 3.63. The highest BCUT2D eigenvalue weighted by molar-refractivity contribution is 5.82. The second-order valence-electron chi connectivity index (χ2n) is 11.0. The van der Waals surface area contributed by atoms with E-state index in [4.69, 9.17) is 9.47 Å². The molecule has 1 fully saturated rings. The average molecular weight is 531 g/mol. The Morgan fingerprint density at radius 2 is 2.03 bits per heavy atom. The van der Waals surface area contributed by atoms with Gasteiger partial charge in [-0.3, -0.25) is 9.69 Å². The molecule has 39 heavy (non-hydrogen) atoms. The fourth-order valence-electron chi connectivity index (χ4n) is 5.32. The van der Waals surface area contributed by atoms with Crippen molar-refractivity contribution >= 4 is 10.9 Å². The van der Waals surface area contributed by atoms with Crippen molar-refractivity contribution in [1.29, 1.82) is 0 Å². The molecule has 0 aliphatic carbocycles. The molecule has 206 valence electrons. The van der Waals surface area contributed by atoms with E-state index in [2.05, 4.69) is 58.3 Å². The Bertz CT molecular complexity index is 1470. The molecule has 2 aromatic carbocycles. The number of aromatic nitrogens is 5. The zero-order valence-electron chi connectivity index (χ0n) is 23.5. The first kappa shape index (κ1) is 27.0. The highest BCUT2D eigenvalue weighted by Crippen LogP contribution is 2.33. The Labute approximate surface area is 229 Å². The first-order valence-electron chi connectivity index (χ1n) is 13.7. The van der Waals surface area contributed by atoms with Gasteiger partial charge in [-0.15, -0.1) is 5.10 Å². The summed E-state index contributed by atoms with van der Waals surface area (Å²) < 4.78 is 13.4. The Kier molecular flexibility index (Phi) is 7.81. The standard InChI is InChI=1S/C30H38N6O3/c1-6-30(3,4)36-28(32-33-34-36)27(25-17-22-10-7-9-20(2)26(22)31-29(25)37)35(19-24-11-8-16-39-24)18-21-12-14-23(38-5)15-13-21/h7,9-10,12-15,17,24,27H,6,8,11,16,18-19H2,1-5H3,(H,31,37). The van der Waals surface area contributed by atoms with Crippen molar-refractivity contribution in [2.75, 3.05) is 20.3 Å². The number of pyridine rings is 1. The SMILES string of the molecule is CCC(C)(C)n1nnnc1C(c1cc2cccc(C)c2[nH]c1=O)N(Cc1ccc(OC)cc1)CC1CCCO1. The van der Waals surface area contributed by atoms with Crippen LogP contribution in [0, 0.1) is 6.92 Å². The van der Waals surface area contributed by atoms with E-state index >= 15 is 0 Å². The van der Waals surface area contributed by atoms with Crippen LogP contribution in [0.25, 0.3) is 10.9 Å². The number of aromatic amines is 1. The van der Waals surface area contributed by atoms with Gasteiger partial charge < -0.3 is 14.5 Å². The lowest BCUT2D eigenvalue weighted by Gasteiger charge is -2.34. The monoisotopic (exact) mass is 530 g/mol. The lowest BCUT2D eigenvalue weighted by molar-refractivity contribution is 0.0562. The molecule has 1 saturated heterocycles. The highest BCUT2D eigenvalue weighted by Gasteiger charge is 2.36. The lowest BCUT2D eigenvalue weighted by Crippen LogP contribution is -2.41. The summed E-state index contributed by atoms with van der Waals surface area (Å²) in [5.74, 6) is 1.45. The van der Waals surface area contributed by atoms with E-state index in [0.717, 1.165) is 53.6 Å². The van der Waals surface area contributed by atoms with Crippen LogP contribution in [0.3, 0.4) is 0 Å². The van der Waals surface area contributed by atoms with Crippen LogP contribution >= 0.6 is 0 Å². The number of tetrazole rings is 1. The molecule has 9 heteroatoms. The number of methoxy groups -OCH3 is 1. The van der Waals surface area contributed by atoms with Crippen LogP contribution in [0.5, 0.6) is 5.75 Å². The van der Waals surface area contributed by atoms with E-state index in [-0.39, 0.29) is 17.2 Å². The topological polar surface area (TPSA) is 98.2 Å². The third-order valence-electron chi connectivity index (χ3n) is 7.96.